The van der Waals surface area contributed by atoms with Gasteiger partial charge in [-0.3, -0.25) is 9.78 Å². The van der Waals surface area contributed by atoms with Crippen LogP contribution in [-0.4, -0.2) is 17.9 Å². The van der Waals surface area contributed by atoms with Crippen LogP contribution in [0.1, 0.15) is 10.4 Å². The predicted octanol–water partition coefficient (Wildman–Crippen LogP) is 2.84. The quantitative estimate of drug-likeness (QED) is 0.864. The SMILES string of the molecule is CN(C(=O)c1ccncc1F)c1ccc(Br)cc1N. The van der Waals surface area contributed by atoms with Crippen LogP contribution in [0.4, 0.5) is 15.8 Å². The summed E-state index contributed by atoms with van der Waals surface area (Å²) in [6.45, 7) is 0. The lowest BCUT2D eigenvalue weighted by atomic mass is 10.2. The number of carbonyl (C=O) groups excluding carboxylic acids is 1. The predicted molar refractivity (Wildman–Crippen MR) is 75.5 cm³/mol. The molecule has 0 aliphatic rings. The minimum Gasteiger partial charge on any atom is -0.397 e. The van der Waals surface area contributed by atoms with Crippen LogP contribution in [0.5, 0.6) is 0 Å². The van der Waals surface area contributed by atoms with Crippen molar-refractivity contribution in [3.63, 3.8) is 0 Å². The third-order valence-electron chi connectivity index (χ3n) is 2.66. The highest BCUT2D eigenvalue weighted by Crippen LogP contribution is 2.27. The zero-order valence-electron chi connectivity index (χ0n) is 10.1. The van der Waals surface area contributed by atoms with Crippen molar-refractivity contribution in [1.29, 1.82) is 0 Å². The minimum atomic E-state index is -0.657. The van der Waals surface area contributed by atoms with E-state index in [1.54, 1.807) is 25.2 Å². The first-order chi connectivity index (χ1) is 9.00. The van der Waals surface area contributed by atoms with Gasteiger partial charge >= 0.3 is 0 Å². The number of halogens is 2. The van der Waals surface area contributed by atoms with Crippen molar-refractivity contribution in [1.82, 2.24) is 4.98 Å². The molecule has 0 atom stereocenters. The van der Waals surface area contributed by atoms with E-state index in [9.17, 15) is 9.18 Å². The lowest BCUT2D eigenvalue weighted by Crippen LogP contribution is -2.27. The topological polar surface area (TPSA) is 59.2 Å². The number of anilines is 2. The smallest absolute Gasteiger partial charge is 0.261 e. The number of nitrogen functional groups attached to an aromatic ring is 1. The third kappa shape index (κ3) is 2.73. The van der Waals surface area contributed by atoms with Crippen molar-refractivity contribution in [2.45, 2.75) is 0 Å². The maximum Gasteiger partial charge on any atom is 0.261 e. The highest BCUT2D eigenvalue weighted by Gasteiger charge is 2.18. The van der Waals surface area contributed by atoms with Crippen molar-refractivity contribution in [2.75, 3.05) is 17.7 Å². The lowest BCUT2D eigenvalue weighted by molar-refractivity contribution is 0.0989. The van der Waals surface area contributed by atoms with E-state index in [0.29, 0.717) is 11.4 Å². The largest absolute Gasteiger partial charge is 0.397 e. The van der Waals surface area contributed by atoms with E-state index in [2.05, 4.69) is 20.9 Å². The fraction of sp³-hybridized carbons (Fsp3) is 0.0769. The molecule has 2 aromatic rings. The summed E-state index contributed by atoms with van der Waals surface area (Å²) in [6.07, 6.45) is 2.38. The van der Waals surface area contributed by atoms with E-state index in [1.807, 2.05) is 0 Å². The number of amides is 1. The standard InChI is InChI=1S/C13H11BrFN3O/c1-18(12-3-2-8(14)6-11(12)16)13(19)9-4-5-17-7-10(9)15/h2-7H,16H2,1H3. The van der Waals surface area contributed by atoms with Gasteiger partial charge in [0.05, 0.1) is 23.1 Å². The highest BCUT2D eigenvalue weighted by molar-refractivity contribution is 9.10. The summed E-state index contributed by atoms with van der Waals surface area (Å²) < 4.78 is 14.3. The van der Waals surface area contributed by atoms with Gasteiger partial charge in [0.15, 0.2) is 5.82 Å². The number of benzene rings is 1. The van der Waals surface area contributed by atoms with Gasteiger partial charge in [0, 0.05) is 17.7 Å². The molecule has 0 saturated heterocycles. The van der Waals surface area contributed by atoms with Crippen LogP contribution in [-0.2, 0) is 0 Å². The molecule has 0 spiro atoms. The Hall–Kier alpha value is -1.95. The Kier molecular flexibility index (Phi) is 3.80. The Morgan fingerprint density at radius 2 is 2.16 bits per heavy atom. The molecular weight excluding hydrogens is 313 g/mol. The molecule has 1 aromatic carbocycles. The normalized spacial score (nSPS) is 10.3. The fourth-order valence-corrected chi connectivity index (χ4v) is 2.05. The molecule has 0 fully saturated rings. The number of carbonyl (C=O) groups is 1. The Morgan fingerprint density at radius 1 is 1.42 bits per heavy atom. The summed E-state index contributed by atoms with van der Waals surface area (Å²) in [5, 5.41) is 0. The second-order valence-corrected chi connectivity index (χ2v) is 4.84. The van der Waals surface area contributed by atoms with Gasteiger partial charge < -0.3 is 10.6 Å². The molecule has 2 rings (SSSR count). The van der Waals surface area contributed by atoms with Crippen molar-refractivity contribution < 1.29 is 9.18 Å². The van der Waals surface area contributed by atoms with Gasteiger partial charge in [0.2, 0.25) is 0 Å². The van der Waals surface area contributed by atoms with Gasteiger partial charge in [0.1, 0.15) is 0 Å². The summed E-state index contributed by atoms with van der Waals surface area (Å²) in [5.41, 5.74) is 6.75. The summed E-state index contributed by atoms with van der Waals surface area (Å²) >= 11 is 3.29. The average Bonchev–Trinajstić information content (AvgIpc) is 2.38. The third-order valence-corrected chi connectivity index (χ3v) is 3.15. The average molecular weight is 324 g/mol. The molecule has 2 N–H and O–H groups in total. The molecule has 6 heteroatoms. The van der Waals surface area contributed by atoms with Crippen LogP contribution < -0.4 is 10.6 Å². The molecule has 98 valence electrons. The lowest BCUT2D eigenvalue weighted by Gasteiger charge is -2.19. The molecular formula is C13H11BrFN3O. The van der Waals surface area contributed by atoms with Crippen LogP contribution in [0.2, 0.25) is 0 Å². The van der Waals surface area contributed by atoms with Crippen molar-refractivity contribution >= 4 is 33.2 Å². The summed E-state index contributed by atoms with van der Waals surface area (Å²) in [4.78, 5) is 17.1. The van der Waals surface area contributed by atoms with Crippen molar-refractivity contribution in [3.05, 3.63) is 52.5 Å². The molecule has 4 nitrogen and oxygen atoms in total. The zero-order chi connectivity index (χ0) is 14.0. The van der Waals surface area contributed by atoms with E-state index in [4.69, 9.17) is 5.73 Å². The van der Waals surface area contributed by atoms with Crippen LogP contribution in [0.15, 0.2) is 41.1 Å². The van der Waals surface area contributed by atoms with E-state index in [0.717, 1.165) is 10.7 Å². The molecule has 1 heterocycles. The Morgan fingerprint density at radius 3 is 2.79 bits per heavy atom. The fourth-order valence-electron chi connectivity index (χ4n) is 1.67. The molecule has 1 amide bonds. The van der Waals surface area contributed by atoms with E-state index in [-0.39, 0.29) is 5.56 Å². The second-order valence-electron chi connectivity index (χ2n) is 3.92. The zero-order valence-corrected chi connectivity index (χ0v) is 11.7. The van der Waals surface area contributed by atoms with Gasteiger partial charge in [-0.2, -0.15) is 0 Å². The van der Waals surface area contributed by atoms with Crippen LogP contribution >= 0.6 is 15.9 Å². The first kappa shape index (κ1) is 13.5. The maximum absolute atomic E-state index is 13.5. The summed E-state index contributed by atoms with van der Waals surface area (Å²) in [7, 11) is 1.54. The van der Waals surface area contributed by atoms with E-state index >= 15 is 0 Å². The Labute approximate surface area is 118 Å². The van der Waals surface area contributed by atoms with Gasteiger partial charge in [0.25, 0.3) is 5.91 Å². The first-order valence-electron chi connectivity index (χ1n) is 5.43. The molecule has 0 unspecified atom stereocenters. The number of hydrogen-bond acceptors (Lipinski definition) is 3. The number of nitrogens with zero attached hydrogens (tertiary/aromatic N) is 2. The number of pyridine rings is 1. The van der Waals surface area contributed by atoms with E-state index < -0.39 is 11.7 Å². The summed E-state index contributed by atoms with van der Waals surface area (Å²) in [5.74, 6) is -1.14. The number of nitrogens with two attached hydrogens (primary N) is 1. The Bertz CT molecular complexity index is 633. The molecule has 1 aromatic heterocycles. The van der Waals surface area contributed by atoms with Crippen molar-refractivity contribution in [2.24, 2.45) is 0 Å². The van der Waals surface area contributed by atoms with Gasteiger partial charge in [-0.25, -0.2) is 4.39 Å². The maximum atomic E-state index is 13.5. The molecule has 0 aliphatic carbocycles. The molecule has 0 radical (unpaired) electrons. The number of rotatable bonds is 2. The van der Waals surface area contributed by atoms with E-state index in [1.165, 1.54) is 17.2 Å². The van der Waals surface area contributed by atoms with Crippen LogP contribution in [0.25, 0.3) is 0 Å². The second kappa shape index (κ2) is 5.36. The summed E-state index contributed by atoms with van der Waals surface area (Å²) in [6, 6.07) is 6.47. The van der Waals surface area contributed by atoms with Crippen LogP contribution in [0.3, 0.4) is 0 Å². The van der Waals surface area contributed by atoms with Gasteiger partial charge in [-0.1, -0.05) is 15.9 Å². The molecule has 0 bridgehead atoms. The molecule has 0 aliphatic heterocycles. The molecule has 19 heavy (non-hydrogen) atoms. The molecule has 0 saturated carbocycles. The number of hydrogen-bond donors (Lipinski definition) is 1. The first-order valence-corrected chi connectivity index (χ1v) is 6.22. The van der Waals surface area contributed by atoms with Gasteiger partial charge in [-0.05, 0) is 24.3 Å². The highest BCUT2D eigenvalue weighted by atomic mass is 79.9. The number of aromatic nitrogens is 1. The van der Waals surface area contributed by atoms with Crippen molar-refractivity contribution in [3.8, 4) is 0 Å². The van der Waals surface area contributed by atoms with Gasteiger partial charge in [-0.15, -0.1) is 0 Å². The minimum absolute atomic E-state index is 0.0418. The van der Waals surface area contributed by atoms with Crippen LogP contribution in [0, 0.1) is 5.82 Å². The Balaban J connectivity index is 2.37. The monoisotopic (exact) mass is 323 g/mol.